The first-order chi connectivity index (χ1) is 12.6. The summed E-state index contributed by atoms with van der Waals surface area (Å²) in [5, 5.41) is 4.74. The van der Waals surface area contributed by atoms with Gasteiger partial charge in [0, 0.05) is 18.3 Å². The maximum absolute atomic E-state index is 4.74. The van der Waals surface area contributed by atoms with Crippen LogP contribution in [0.3, 0.4) is 0 Å². The third-order valence-corrected chi connectivity index (χ3v) is 8.36. The molecule has 1 aromatic heterocycles. The molecule has 136 valence electrons. The van der Waals surface area contributed by atoms with E-state index in [1.54, 1.807) is 5.56 Å². The topological polar surface area (TPSA) is 21.1 Å². The molecule has 1 spiro atoms. The fourth-order valence-corrected chi connectivity index (χ4v) is 7.80. The van der Waals surface area contributed by atoms with Gasteiger partial charge < -0.3 is 4.90 Å². The second kappa shape index (κ2) is 4.94. The van der Waals surface area contributed by atoms with Crippen molar-refractivity contribution in [2.75, 3.05) is 4.90 Å². The maximum Gasteiger partial charge on any atom is 0.0751 e. The van der Waals surface area contributed by atoms with Gasteiger partial charge in [0.1, 0.15) is 0 Å². The molecule has 4 fully saturated rings. The molecule has 0 N–H and O–H groups in total. The van der Waals surface area contributed by atoms with Gasteiger partial charge in [0.15, 0.2) is 0 Å². The number of fused-ring (bicyclic) bond motifs is 1. The first-order valence-electron chi connectivity index (χ1n) is 10.5. The van der Waals surface area contributed by atoms with Crippen LogP contribution in [0.5, 0.6) is 0 Å². The van der Waals surface area contributed by atoms with Crippen molar-refractivity contribution in [2.24, 2.45) is 30.7 Å². The van der Waals surface area contributed by atoms with Gasteiger partial charge in [-0.15, -0.1) is 0 Å². The lowest BCUT2D eigenvalue weighted by Gasteiger charge is -2.63. The summed E-state index contributed by atoms with van der Waals surface area (Å²) in [5.74, 6) is 3.56. The van der Waals surface area contributed by atoms with Crippen LogP contribution < -0.4 is 4.90 Å². The first kappa shape index (κ1) is 15.3. The molecule has 26 heavy (non-hydrogen) atoms. The van der Waals surface area contributed by atoms with E-state index in [2.05, 4.69) is 60.9 Å². The van der Waals surface area contributed by atoms with Crippen LogP contribution in [0.25, 0.3) is 0 Å². The highest BCUT2D eigenvalue weighted by Crippen LogP contribution is 2.68. The third-order valence-electron chi connectivity index (χ3n) is 8.36. The number of anilines is 1. The van der Waals surface area contributed by atoms with Crippen LogP contribution >= 0.6 is 0 Å². The molecule has 1 atom stereocenters. The maximum atomic E-state index is 4.74. The monoisotopic (exact) mass is 347 g/mol. The number of para-hydroxylation sites is 1. The van der Waals surface area contributed by atoms with E-state index in [0.717, 1.165) is 23.7 Å². The average Bonchev–Trinajstić information content (AvgIpc) is 3.11. The molecule has 0 unspecified atom stereocenters. The Kier molecular flexibility index (Phi) is 2.90. The van der Waals surface area contributed by atoms with E-state index < -0.39 is 0 Å². The molecular weight excluding hydrogens is 318 g/mol. The minimum absolute atomic E-state index is 0.183. The zero-order valence-corrected chi connectivity index (χ0v) is 16.2. The number of aryl methyl sites for hydroxylation is 2. The second-order valence-electron chi connectivity index (χ2n) is 9.53. The van der Waals surface area contributed by atoms with Crippen molar-refractivity contribution in [2.45, 2.75) is 57.5 Å². The van der Waals surface area contributed by atoms with E-state index in [0.29, 0.717) is 6.04 Å². The predicted octanol–water partition coefficient (Wildman–Crippen LogP) is 4.96. The minimum Gasteiger partial charge on any atom is -0.353 e. The highest BCUT2D eigenvalue weighted by atomic mass is 15.4. The normalized spacial score (nSPS) is 39.8. The van der Waals surface area contributed by atoms with Crippen LogP contribution in [0, 0.1) is 30.6 Å². The van der Waals surface area contributed by atoms with Gasteiger partial charge in [-0.3, -0.25) is 4.68 Å². The van der Waals surface area contributed by atoms with Crippen LogP contribution in [-0.2, 0) is 12.6 Å². The Morgan fingerprint density at radius 2 is 1.65 bits per heavy atom. The lowest BCUT2D eigenvalue weighted by Crippen LogP contribution is -2.62. The van der Waals surface area contributed by atoms with Crippen molar-refractivity contribution >= 4 is 5.69 Å². The van der Waals surface area contributed by atoms with E-state index in [9.17, 15) is 0 Å². The largest absolute Gasteiger partial charge is 0.353 e. The molecule has 0 amide bonds. The fourth-order valence-electron chi connectivity index (χ4n) is 7.80. The number of hydrogen-bond donors (Lipinski definition) is 0. The molecule has 7 rings (SSSR count). The number of rotatable bonds is 1. The molecule has 0 saturated heterocycles. The molecule has 2 aromatic rings. The minimum atomic E-state index is 0.183. The van der Waals surface area contributed by atoms with Gasteiger partial charge in [0.05, 0.1) is 23.5 Å². The SMILES string of the molecule is Cc1ccccc1N1[C@@H](C)c2c(cnn2C)C12C1CC3CC(C1)CC2C3. The molecule has 5 aliphatic rings. The number of hydrogen-bond acceptors (Lipinski definition) is 2. The van der Waals surface area contributed by atoms with Gasteiger partial charge in [-0.05, 0) is 81.3 Å². The zero-order chi connectivity index (χ0) is 17.6. The van der Waals surface area contributed by atoms with Gasteiger partial charge in [-0.25, -0.2) is 0 Å². The third kappa shape index (κ3) is 1.64. The number of benzene rings is 1. The summed E-state index contributed by atoms with van der Waals surface area (Å²) < 4.78 is 2.16. The predicted molar refractivity (Wildman–Crippen MR) is 104 cm³/mol. The summed E-state index contributed by atoms with van der Waals surface area (Å²) in [7, 11) is 2.14. The lowest BCUT2D eigenvalue weighted by atomic mass is 9.47. The molecule has 3 nitrogen and oxygen atoms in total. The molecule has 4 aliphatic carbocycles. The van der Waals surface area contributed by atoms with Crippen LogP contribution in [-0.4, -0.2) is 9.78 Å². The van der Waals surface area contributed by atoms with E-state index >= 15 is 0 Å². The summed E-state index contributed by atoms with van der Waals surface area (Å²) in [6.45, 7) is 4.69. The molecule has 0 radical (unpaired) electrons. The van der Waals surface area contributed by atoms with Crippen LogP contribution in [0.15, 0.2) is 30.5 Å². The van der Waals surface area contributed by atoms with Crippen LogP contribution in [0.4, 0.5) is 5.69 Å². The Hall–Kier alpha value is -1.77. The Morgan fingerprint density at radius 1 is 1.00 bits per heavy atom. The lowest BCUT2D eigenvalue weighted by molar-refractivity contribution is -0.0603. The molecule has 2 heterocycles. The van der Waals surface area contributed by atoms with Crippen LogP contribution in [0.1, 0.15) is 61.9 Å². The van der Waals surface area contributed by atoms with Crippen molar-refractivity contribution in [3.05, 3.63) is 47.3 Å². The summed E-state index contributed by atoms with van der Waals surface area (Å²) in [6, 6.07) is 9.44. The zero-order valence-electron chi connectivity index (χ0n) is 16.2. The van der Waals surface area contributed by atoms with Crippen molar-refractivity contribution in [1.29, 1.82) is 0 Å². The average molecular weight is 348 g/mol. The van der Waals surface area contributed by atoms with Crippen molar-refractivity contribution in [1.82, 2.24) is 9.78 Å². The van der Waals surface area contributed by atoms with E-state index in [1.165, 1.54) is 49.0 Å². The summed E-state index contributed by atoms with van der Waals surface area (Å²) >= 11 is 0. The molecular formula is C23H29N3. The highest BCUT2D eigenvalue weighted by molar-refractivity contribution is 5.63. The Balaban J connectivity index is 1.62. The number of aromatic nitrogens is 2. The Labute approximate surface area is 156 Å². The fraction of sp³-hybridized carbons (Fsp3) is 0.609. The standard InChI is InChI=1S/C23H29N3/c1-14-6-4-5-7-21(14)26-15(2)22-20(13-24-25(22)3)23(26)18-9-16-8-17(11-18)12-19(23)10-16/h4-7,13,15-19H,8-12H2,1-3H3/t15-,16?,17?,18?,19?,23?/m0/s1. The summed E-state index contributed by atoms with van der Waals surface area (Å²) in [6.07, 6.45) is 9.44. The Bertz CT molecular complexity index is 851. The van der Waals surface area contributed by atoms with Gasteiger partial charge in [0.2, 0.25) is 0 Å². The van der Waals surface area contributed by atoms with Crippen molar-refractivity contribution < 1.29 is 0 Å². The summed E-state index contributed by atoms with van der Waals surface area (Å²) in [5.41, 5.74) is 6.06. The van der Waals surface area contributed by atoms with Crippen molar-refractivity contribution in [3.63, 3.8) is 0 Å². The second-order valence-corrected chi connectivity index (χ2v) is 9.53. The smallest absolute Gasteiger partial charge is 0.0751 e. The van der Waals surface area contributed by atoms with E-state index in [4.69, 9.17) is 5.10 Å². The molecule has 1 aromatic carbocycles. The quantitative estimate of drug-likeness (QED) is 0.727. The van der Waals surface area contributed by atoms with Crippen LogP contribution in [0.2, 0.25) is 0 Å². The Morgan fingerprint density at radius 3 is 2.31 bits per heavy atom. The van der Waals surface area contributed by atoms with E-state index in [1.807, 2.05) is 0 Å². The van der Waals surface area contributed by atoms with Gasteiger partial charge >= 0.3 is 0 Å². The van der Waals surface area contributed by atoms with Gasteiger partial charge in [-0.2, -0.15) is 5.10 Å². The molecule has 4 saturated carbocycles. The molecule has 4 bridgehead atoms. The highest BCUT2D eigenvalue weighted by Gasteiger charge is 2.65. The van der Waals surface area contributed by atoms with Crippen molar-refractivity contribution in [3.8, 4) is 0 Å². The van der Waals surface area contributed by atoms with E-state index in [-0.39, 0.29) is 5.54 Å². The summed E-state index contributed by atoms with van der Waals surface area (Å²) in [4.78, 5) is 2.85. The molecule has 3 heteroatoms. The van der Waals surface area contributed by atoms with Gasteiger partial charge in [0.25, 0.3) is 0 Å². The molecule has 1 aliphatic heterocycles. The first-order valence-corrected chi connectivity index (χ1v) is 10.5. The number of nitrogens with zero attached hydrogens (tertiary/aromatic N) is 3. The van der Waals surface area contributed by atoms with Gasteiger partial charge in [-0.1, -0.05) is 18.2 Å².